The van der Waals surface area contributed by atoms with E-state index in [1.807, 2.05) is 19.1 Å². The number of hydrogen-bond donors (Lipinski definition) is 1. The Hall–Kier alpha value is -1.21. The van der Waals surface area contributed by atoms with Crippen LogP contribution in [0, 0.1) is 0 Å². The number of carbonyl (C=O) groups is 1. The van der Waals surface area contributed by atoms with Gasteiger partial charge in [-0.15, -0.1) is 16.4 Å². The van der Waals surface area contributed by atoms with Crippen LogP contribution in [-0.4, -0.2) is 16.1 Å². The smallest absolute Gasteiger partial charge is 0.322 e. The van der Waals surface area contributed by atoms with E-state index in [1.165, 1.54) is 11.3 Å². The second kappa shape index (κ2) is 6.10. The predicted molar refractivity (Wildman–Crippen MR) is 73.5 cm³/mol. The summed E-state index contributed by atoms with van der Waals surface area (Å²) in [7, 11) is 0. The Balaban J connectivity index is 2.00. The average molecular weight is 330 g/mol. The Bertz CT molecular complexity index is 538. The van der Waals surface area contributed by atoms with E-state index in [-0.39, 0.29) is 11.9 Å². The molecule has 0 bridgehead atoms. The van der Waals surface area contributed by atoms with Crippen LogP contribution in [0.1, 0.15) is 26.2 Å². The third-order valence-electron chi connectivity index (χ3n) is 2.21. The van der Waals surface area contributed by atoms with Crippen LogP contribution >= 0.6 is 27.3 Å². The average Bonchev–Trinajstić information content (AvgIpc) is 2.95. The number of aromatic nitrogens is 2. The number of carbonyl (C=O) groups excluding carboxylic acids is 1. The first-order chi connectivity index (χ1) is 8.69. The molecule has 2 heterocycles. The lowest BCUT2D eigenvalue weighted by Crippen LogP contribution is -2.11. The fourth-order valence-electron chi connectivity index (χ4n) is 1.32. The van der Waals surface area contributed by atoms with Crippen LogP contribution in [0.25, 0.3) is 10.8 Å². The molecule has 7 heteroatoms. The Kier molecular flexibility index (Phi) is 4.48. The number of halogens is 1. The van der Waals surface area contributed by atoms with Crippen molar-refractivity contribution in [2.45, 2.75) is 26.2 Å². The molecule has 96 valence electrons. The maximum absolute atomic E-state index is 11.5. The minimum absolute atomic E-state index is 0.0978. The summed E-state index contributed by atoms with van der Waals surface area (Å²) in [5.74, 6) is 0.316. The highest BCUT2D eigenvalue weighted by molar-refractivity contribution is 9.11. The molecule has 0 spiro atoms. The van der Waals surface area contributed by atoms with Gasteiger partial charge in [0.25, 0.3) is 5.89 Å². The first kappa shape index (κ1) is 13.2. The van der Waals surface area contributed by atoms with Gasteiger partial charge >= 0.3 is 6.01 Å². The van der Waals surface area contributed by atoms with Gasteiger partial charge in [-0.1, -0.05) is 18.4 Å². The largest absolute Gasteiger partial charge is 0.402 e. The number of hydrogen-bond acceptors (Lipinski definition) is 5. The van der Waals surface area contributed by atoms with Gasteiger partial charge in [0, 0.05) is 6.42 Å². The maximum Gasteiger partial charge on any atom is 0.322 e. The van der Waals surface area contributed by atoms with Crippen molar-refractivity contribution in [3.63, 3.8) is 0 Å². The summed E-state index contributed by atoms with van der Waals surface area (Å²) in [6.45, 7) is 2.03. The molecule has 2 rings (SSSR count). The third-order valence-corrected chi connectivity index (χ3v) is 3.82. The predicted octanol–water partition coefficient (Wildman–Crippen LogP) is 3.69. The molecule has 0 saturated carbocycles. The molecular weight excluding hydrogens is 318 g/mol. The molecule has 18 heavy (non-hydrogen) atoms. The second-order valence-corrected chi connectivity index (χ2v) is 6.13. The summed E-state index contributed by atoms with van der Waals surface area (Å²) in [6.07, 6.45) is 2.30. The van der Waals surface area contributed by atoms with Crippen molar-refractivity contribution in [2.75, 3.05) is 5.32 Å². The molecule has 0 unspecified atom stereocenters. The molecule has 0 radical (unpaired) electrons. The fraction of sp³-hybridized carbons (Fsp3) is 0.364. The Morgan fingerprint density at radius 2 is 2.33 bits per heavy atom. The van der Waals surface area contributed by atoms with Gasteiger partial charge in [-0.2, -0.15) is 0 Å². The lowest BCUT2D eigenvalue weighted by molar-refractivity contribution is -0.116. The molecule has 1 amide bonds. The van der Waals surface area contributed by atoms with E-state index in [4.69, 9.17) is 4.42 Å². The Morgan fingerprint density at radius 3 is 3.00 bits per heavy atom. The van der Waals surface area contributed by atoms with Crippen LogP contribution in [0.3, 0.4) is 0 Å². The summed E-state index contributed by atoms with van der Waals surface area (Å²) < 4.78 is 6.36. The molecule has 2 aromatic rings. The summed E-state index contributed by atoms with van der Waals surface area (Å²) in [4.78, 5) is 12.3. The molecular formula is C11H12BrN3O2S. The van der Waals surface area contributed by atoms with Crippen molar-refractivity contribution < 1.29 is 9.21 Å². The number of anilines is 1. The van der Waals surface area contributed by atoms with Crippen LogP contribution in [0.15, 0.2) is 20.3 Å². The third kappa shape index (κ3) is 3.39. The molecule has 1 N–H and O–H groups in total. The zero-order chi connectivity index (χ0) is 13.0. The highest BCUT2D eigenvalue weighted by Gasteiger charge is 2.12. The molecule has 0 saturated heterocycles. The van der Waals surface area contributed by atoms with Crippen molar-refractivity contribution in [1.29, 1.82) is 0 Å². The van der Waals surface area contributed by atoms with Crippen molar-refractivity contribution in [3.8, 4) is 10.8 Å². The van der Waals surface area contributed by atoms with Gasteiger partial charge in [-0.05, 0) is 34.5 Å². The molecule has 5 nitrogen and oxygen atoms in total. The molecule has 0 fully saturated rings. The topological polar surface area (TPSA) is 68.0 Å². The molecule has 0 aromatic carbocycles. The van der Waals surface area contributed by atoms with E-state index < -0.39 is 0 Å². The van der Waals surface area contributed by atoms with Crippen molar-refractivity contribution in [1.82, 2.24) is 10.2 Å². The normalized spacial score (nSPS) is 10.6. The van der Waals surface area contributed by atoms with Gasteiger partial charge in [0.1, 0.15) is 0 Å². The van der Waals surface area contributed by atoms with Crippen LogP contribution in [0.2, 0.25) is 0 Å². The maximum atomic E-state index is 11.5. The monoisotopic (exact) mass is 329 g/mol. The zero-order valence-electron chi connectivity index (χ0n) is 9.77. The summed E-state index contributed by atoms with van der Waals surface area (Å²) in [6, 6.07) is 3.94. The van der Waals surface area contributed by atoms with Gasteiger partial charge in [-0.3, -0.25) is 10.1 Å². The quantitative estimate of drug-likeness (QED) is 0.908. The van der Waals surface area contributed by atoms with Crippen LogP contribution in [-0.2, 0) is 4.79 Å². The Labute approximate surface area is 117 Å². The van der Waals surface area contributed by atoms with Gasteiger partial charge in [0.2, 0.25) is 5.91 Å². The molecule has 0 aliphatic carbocycles. The number of nitrogens with one attached hydrogen (secondary N) is 1. The van der Waals surface area contributed by atoms with Crippen LogP contribution in [0.5, 0.6) is 0 Å². The van der Waals surface area contributed by atoms with Crippen molar-refractivity contribution in [3.05, 3.63) is 15.9 Å². The van der Waals surface area contributed by atoms with E-state index in [2.05, 4.69) is 31.4 Å². The first-order valence-corrected chi connectivity index (χ1v) is 7.19. The SMILES string of the molecule is CCCCC(=O)Nc1nnc(-c2ccc(Br)s2)o1. The van der Waals surface area contributed by atoms with E-state index in [9.17, 15) is 4.79 Å². The highest BCUT2D eigenvalue weighted by atomic mass is 79.9. The number of unbranched alkanes of at least 4 members (excludes halogenated alkanes) is 1. The van der Waals surface area contributed by atoms with Crippen LogP contribution in [0.4, 0.5) is 6.01 Å². The van der Waals surface area contributed by atoms with Gasteiger partial charge in [-0.25, -0.2) is 0 Å². The lowest BCUT2D eigenvalue weighted by Gasteiger charge is -1.97. The minimum atomic E-state index is -0.0978. The van der Waals surface area contributed by atoms with E-state index in [0.29, 0.717) is 12.3 Å². The van der Waals surface area contributed by atoms with Gasteiger partial charge in [0.05, 0.1) is 8.66 Å². The summed E-state index contributed by atoms with van der Waals surface area (Å²) >= 11 is 4.86. The van der Waals surface area contributed by atoms with E-state index in [0.717, 1.165) is 21.5 Å². The van der Waals surface area contributed by atoms with Crippen molar-refractivity contribution in [2.24, 2.45) is 0 Å². The fourth-order valence-corrected chi connectivity index (χ4v) is 2.63. The highest BCUT2D eigenvalue weighted by Crippen LogP contribution is 2.30. The molecule has 0 atom stereocenters. The number of thiophene rings is 1. The second-order valence-electron chi connectivity index (χ2n) is 3.67. The summed E-state index contributed by atoms with van der Waals surface area (Å²) in [5, 5.41) is 10.3. The number of amides is 1. The van der Waals surface area contributed by atoms with E-state index >= 15 is 0 Å². The standard InChI is InChI=1S/C11H12BrN3O2S/c1-2-3-4-9(16)13-11-15-14-10(17-11)7-5-6-8(12)18-7/h5-6H,2-4H2,1H3,(H,13,15,16). The van der Waals surface area contributed by atoms with Crippen molar-refractivity contribution >= 4 is 39.2 Å². The molecule has 2 aromatic heterocycles. The zero-order valence-corrected chi connectivity index (χ0v) is 12.2. The number of nitrogens with zero attached hydrogens (tertiary/aromatic N) is 2. The summed E-state index contributed by atoms with van der Waals surface area (Å²) in [5.41, 5.74) is 0. The molecule has 0 aliphatic rings. The number of rotatable bonds is 5. The lowest BCUT2D eigenvalue weighted by atomic mass is 10.2. The Morgan fingerprint density at radius 1 is 1.50 bits per heavy atom. The minimum Gasteiger partial charge on any atom is -0.402 e. The molecule has 0 aliphatic heterocycles. The van der Waals surface area contributed by atoms with Gasteiger partial charge in [0.15, 0.2) is 0 Å². The van der Waals surface area contributed by atoms with Gasteiger partial charge < -0.3 is 4.42 Å². The van der Waals surface area contributed by atoms with E-state index in [1.54, 1.807) is 0 Å². The van der Waals surface area contributed by atoms with Crippen LogP contribution < -0.4 is 5.32 Å². The first-order valence-electron chi connectivity index (χ1n) is 5.58.